The molecule has 118 valence electrons. The van der Waals surface area contributed by atoms with E-state index in [1.165, 1.54) is 12.1 Å². The van der Waals surface area contributed by atoms with Crippen LogP contribution in [0.3, 0.4) is 0 Å². The average molecular weight is 323 g/mol. The van der Waals surface area contributed by atoms with Gasteiger partial charge in [-0.2, -0.15) is 0 Å². The summed E-state index contributed by atoms with van der Waals surface area (Å²) in [4.78, 5) is 0.0295. The first kappa shape index (κ1) is 16.5. The first-order valence-electron chi connectivity index (χ1n) is 6.98. The van der Waals surface area contributed by atoms with Crippen LogP contribution in [-0.2, 0) is 16.4 Å². The highest BCUT2D eigenvalue weighted by molar-refractivity contribution is 7.89. The summed E-state index contributed by atoms with van der Waals surface area (Å²) in [6, 6.07) is 12.3. The molecule has 0 aliphatic carbocycles. The van der Waals surface area contributed by atoms with Gasteiger partial charge in [0.25, 0.3) is 0 Å². The molecular weight excluding hydrogens is 305 g/mol. The number of hydrogen-bond acceptors (Lipinski definition) is 3. The molecular formula is C16H18FNO3S. The molecule has 2 aromatic rings. The maximum absolute atomic E-state index is 12.8. The Morgan fingerprint density at radius 2 is 1.86 bits per heavy atom. The first-order chi connectivity index (χ1) is 10.5. The van der Waals surface area contributed by atoms with E-state index in [1.807, 2.05) is 24.3 Å². The SMILES string of the molecule is CCc1cccc(OCCNS(=O)(=O)c2ccc(F)cc2)c1. The van der Waals surface area contributed by atoms with Gasteiger partial charge in [0.15, 0.2) is 0 Å². The topological polar surface area (TPSA) is 55.4 Å². The number of benzene rings is 2. The molecule has 0 unspecified atom stereocenters. The Kier molecular flexibility index (Phi) is 5.51. The molecule has 1 N–H and O–H groups in total. The Morgan fingerprint density at radius 1 is 1.14 bits per heavy atom. The molecule has 0 saturated carbocycles. The second kappa shape index (κ2) is 7.38. The monoisotopic (exact) mass is 323 g/mol. The van der Waals surface area contributed by atoms with E-state index in [-0.39, 0.29) is 18.0 Å². The lowest BCUT2D eigenvalue weighted by atomic mass is 10.2. The van der Waals surface area contributed by atoms with Crippen LogP contribution in [-0.4, -0.2) is 21.6 Å². The minimum Gasteiger partial charge on any atom is -0.492 e. The lowest BCUT2D eigenvalue weighted by molar-refractivity contribution is 0.322. The zero-order valence-corrected chi connectivity index (χ0v) is 13.1. The number of hydrogen-bond donors (Lipinski definition) is 1. The zero-order chi connectivity index (χ0) is 16.0. The quantitative estimate of drug-likeness (QED) is 0.797. The van der Waals surface area contributed by atoms with Crippen LogP contribution in [0.15, 0.2) is 53.4 Å². The zero-order valence-electron chi connectivity index (χ0n) is 12.3. The van der Waals surface area contributed by atoms with Gasteiger partial charge in [-0.05, 0) is 48.4 Å². The minimum absolute atomic E-state index is 0.0295. The molecule has 0 aliphatic rings. The van der Waals surface area contributed by atoms with Gasteiger partial charge in [0, 0.05) is 6.54 Å². The maximum atomic E-state index is 12.8. The Morgan fingerprint density at radius 3 is 2.55 bits per heavy atom. The van der Waals surface area contributed by atoms with Gasteiger partial charge < -0.3 is 4.74 Å². The Balaban J connectivity index is 1.86. The van der Waals surface area contributed by atoms with Gasteiger partial charge in [-0.15, -0.1) is 0 Å². The van der Waals surface area contributed by atoms with Gasteiger partial charge in [-0.1, -0.05) is 19.1 Å². The molecule has 0 aromatic heterocycles. The molecule has 0 bridgehead atoms. The third-order valence-corrected chi connectivity index (χ3v) is 4.57. The van der Waals surface area contributed by atoms with Gasteiger partial charge >= 0.3 is 0 Å². The lowest BCUT2D eigenvalue weighted by Crippen LogP contribution is -2.28. The number of sulfonamides is 1. The van der Waals surface area contributed by atoms with Crippen molar-refractivity contribution in [2.24, 2.45) is 0 Å². The summed E-state index contributed by atoms with van der Waals surface area (Å²) in [6.07, 6.45) is 0.911. The van der Waals surface area contributed by atoms with E-state index < -0.39 is 15.8 Å². The summed E-state index contributed by atoms with van der Waals surface area (Å²) in [6.45, 7) is 2.40. The van der Waals surface area contributed by atoms with Crippen molar-refractivity contribution in [3.8, 4) is 5.75 Å². The number of ether oxygens (including phenoxy) is 1. The number of aryl methyl sites for hydroxylation is 1. The van der Waals surface area contributed by atoms with Crippen molar-refractivity contribution in [2.45, 2.75) is 18.2 Å². The molecule has 6 heteroatoms. The van der Waals surface area contributed by atoms with Crippen LogP contribution in [0.25, 0.3) is 0 Å². The summed E-state index contributed by atoms with van der Waals surface area (Å²) >= 11 is 0. The smallest absolute Gasteiger partial charge is 0.240 e. The maximum Gasteiger partial charge on any atom is 0.240 e. The second-order valence-corrected chi connectivity index (χ2v) is 6.47. The largest absolute Gasteiger partial charge is 0.492 e. The first-order valence-corrected chi connectivity index (χ1v) is 8.46. The van der Waals surface area contributed by atoms with E-state index in [4.69, 9.17) is 4.74 Å². The van der Waals surface area contributed by atoms with Crippen LogP contribution in [0.2, 0.25) is 0 Å². The van der Waals surface area contributed by atoms with Crippen LogP contribution >= 0.6 is 0 Å². The van der Waals surface area contributed by atoms with Crippen LogP contribution < -0.4 is 9.46 Å². The van der Waals surface area contributed by atoms with E-state index in [1.54, 1.807) is 0 Å². The molecule has 2 rings (SSSR count). The number of halogens is 1. The normalized spacial score (nSPS) is 11.4. The van der Waals surface area contributed by atoms with Gasteiger partial charge in [0.1, 0.15) is 18.2 Å². The highest BCUT2D eigenvalue weighted by atomic mass is 32.2. The van der Waals surface area contributed by atoms with Crippen molar-refractivity contribution in [2.75, 3.05) is 13.2 Å². The summed E-state index contributed by atoms with van der Waals surface area (Å²) in [5, 5.41) is 0. The third-order valence-electron chi connectivity index (χ3n) is 3.09. The average Bonchev–Trinajstić information content (AvgIpc) is 2.52. The Bertz CT molecular complexity index is 714. The molecule has 0 amide bonds. The summed E-state index contributed by atoms with van der Waals surface area (Å²) in [7, 11) is -3.64. The molecule has 0 aliphatic heterocycles. The number of nitrogens with one attached hydrogen (secondary N) is 1. The van der Waals surface area contributed by atoms with Crippen LogP contribution in [0, 0.1) is 5.82 Å². The van der Waals surface area contributed by atoms with E-state index in [0.717, 1.165) is 24.1 Å². The van der Waals surface area contributed by atoms with Crippen molar-refractivity contribution in [3.05, 3.63) is 59.9 Å². The van der Waals surface area contributed by atoms with Crippen molar-refractivity contribution in [3.63, 3.8) is 0 Å². The highest BCUT2D eigenvalue weighted by Gasteiger charge is 2.13. The van der Waals surface area contributed by atoms with Gasteiger partial charge in [-0.3, -0.25) is 0 Å². The summed E-state index contributed by atoms with van der Waals surface area (Å²) in [5.41, 5.74) is 1.16. The van der Waals surface area contributed by atoms with Crippen molar-refractivity contribution < 1.29 is 17.5 Å². The predicted molar refractivity (Wildman–Crippen MR) is 82.9 cm³/mol. The van der Waals surface area contributed by atoms with Crippen LogP contribution in [0.1, 0.15) is 12.5 Å². The van der Waals surface area contributed by atoms with E-state index in [0.29, 0.717) is 5.75 Å². The van der Waals surface area contributed by atoms with Crippen molar-refractivity contribution in [1.82, 2.24) is 4.72 Å². The van der Waals surface area contributed by atoms with E-state index >= 15 is 0 Å². The van der Waals surface area contributed by atoms with E-state index in [9.17, 15) is 12.8 Å². The summed E-state index contributed by atoms with van der Waals surface area (Å²) in [5.74, 6) is 0.235. The predicted octanol–water partition coefficient (Wildman–Crippen LogP) is 2.75. The van der Waals surface area contributed by atoms with Crippen LogP contribution in [0.4, 0.5) is 4.39 Å². The molecule has 0 radical (unpaired) electrons. The highest BCUT2D eigenvalue weighted by Crippen LogP contribution is 2.13. The molecule has 0 saturated heterocycles. The van der Waals surface area contributed by atoms with Crippen molar-refractivity contribution >= 4 is 10.0 Å². The fourth-order valence-corrected chi connectivity index (χ4v) is 2.91. The van der Waals surface area contributed by atoms with Crippen LogP contribution in [0.5, 0.6) is 5.75 Å². The van der Waals surface area contributed by atoms with E-state index in [2.05, 4.69) is 11.6 Å². The Hall–Kier alpha value is -1.92. The molecule has 22 heavy (non-hydrogen) atoms. The van der Waals surface area contributed by atoms with Gasteiger partial charge in [0.05, 0.1) is 4.90 Å². The Labute approximate surface area is 130 Å². The molecule has 0 atom stereocenters. The lowest BCUT2D eigenvalue weighted by Gasteiger charge is -2.09. The number of rotatable bonds is 7. The fourth-order valence-electron chi connectivity index (χ4n) is 1.90. The van der Waals surface area contributed by atoms with Crippen molar-refractivity contribution in [1.29, 1.82) is 0 Å². The molecule has 0 spiro atoms. The fraction of sp³-hybridized carbons (Fsp3) is 0.250. The molecule has 0 fully saturated rings. The van der Waals surface area contributed by atoms with Gasteiger partial charge in [0.2, 0.25) is 10.0 Å². The summed E-state index contributed by atoms with van der Waals surface area (Å²) < 4.78 is 44.7. The molecule has 4 nitrogen and oxygen atoms in total. The molecule has 0 heterocycles. The van der Waals surface area contributed by atoms with Gasteiger partial charge in [-0.25, -0.2) is 17.5 Å². The standard InChI is InChI=1S/C16H18FNO3S/c1-2-13-4-3-5-15(12-13)21-11-10-18-22(19,20)16-8-6-14(17)7-9-16/h3-9,12,18H,2,10-11H2,1H3. The molecule has 2 aromatic carbocycles. The second-order valence-electron chi connectivity index (χ2n) is 4.70. The third kappa shape index (κ3) is 4.54. The minimum atomic E-state index is -3.64.